The van der Waals surface area contributed by atoms with Crippen LogP contribution in [-0.2, 0) is 4.79 Å². The lowest BCUT2D eigenvalue weighted by Gasteiger charge is -2.32. The SMILES string of the molecule is CN=CC(NC(=O)c1nc(C2CC2)ccc1Nc1cncnc1)C(=N)C(=O)N1CCC1. The molecule has 1 saturated carbocycles. The Balaban J connectivity index is 1.58. The van der Waals surface area contributed by atoms with Gasteiger partial charge in [0.1, 0.15) is 18.1 Å². The van der Waals surface area contributed by atoms with E-state index < -0.39 is 17.9 Å². The molecule has 3 heterocycles. The quantitative estimate of drug-likeness (QED) is 0.554. The summed E-state index contributed by atoms with van der Waals surface area (Å²) in [7, 11) is 1.54. The zero-order valence-corrected chi connectivity index (χ0v) is 17.2. The van der Waals surface area contributed by atoms with Crippen molar-refractivity contribution in [3.63, 3.8) is 0 Å². The van der Waals surface area contributed by atoms with Crippen molar-refractivity contribution in [3.05, 3.63) is 42.2 Å². The van der Waals surface area contributed by atoms with Gasteiger partial charge in [0.15, 0.2) is 5.69 Å². The first-order valence-electron chi connectivity index (χ1n) is 10.2. The third-order valence-electron chi connectivity index (χ3n) is 5.24. The van der Waals surface area contributed by atoms with Crippen LogP contribution in [0.25, 0.3) is 0 Å². The second-order valence-corrected chi connectivity index (χ2v) is 7.58. The van der Waals surface area contributed by atoms with Crippen molar-refractivity contribution in [1.29, 1.82) is 5.41 Å². The number of rotatable bonds is 8. The number of pyridine rings is 1. The van der Waals surface area contributed by atoms with Crippen LogP contribution in [0.5, 0.6) is 0 Å². The fourth-order valence-corrected chi connectivity index (χ4v) is 3.24. The largest absolute Gasteiger partial charge is 0.351 e. The molecule has 2 aliphatic rings. The second-order valence-electron chi connectivity index (χ2n) is 7.58. The van der Waals surface area contributed by atoms with Gasteiger partial charge in [-0.2, -0.15) is 0 Å². The van der Waals surface area contributed by atoms with Crippen LogP contribution < -0.4 is 10.6 Å². The minimum Gasteiger partial charge on any atom is -0.351 e. The minimum atomic E-state index is -0.940. The number of carbonyl (C=O) groups excluding carboxylic acids is 2. The molecule has 3 N–H and O–H groups in total. The standard InChI is InChI=1S/C21H24N8O2/c1-23-11-17(18(22)21(31)29-7-2-8-29)28-20(30)19-16(26-14-9-24-12-25-10-14)6-5-15(27-19)13-3-4-13/h5-6,9-13,17,22,26H,2-4,7-8H2,1H3,(H,28,30). The lowest BCUT2D eigenvalue weighted by Crippen LogP contribution is -2.53. The zero-order chi connectivity index (χ0) is 21.8. The lowest BCUT2D eigenvalue weighted by atomic mass is 10.1. The smallest absolute Gasteiger partial charge is 0.272 e. The Morgan fingerprint density at radius 1 is 1.26 bits per heavy atom. The van der Waals surface area contributed by atoms with E-state index in [4.69, 9.17) is 5.41 Å². The molecule has 31 heavy (non-hydrogen) atoms. The van der Waals surface area contributed by atoms with Crippen molar-refractivity contribution >= 4 is 35.1 Å². The maximum Gasteiger partial charge on any atom is 0.272 e. The van der Waals surface area contributed by atoms with Crippen LogP contribution in [0.3, 0.4) is 0 Å². The average molecular weight is 420 g/mol. The Kier molecular flexibility index (Phi) is 5.96. The summed E-state index contributed by atoms with van der Waals surface area (Å²) >= 11 is 0. The van der Waals surface area contributed by atoms with Gasteiger partial charge >= 0.3 is 0 Å². The van der Waals surface area contributed by atoms with Gasteiger partial charge < -0.3 is 15.5 Å². The van der Waals surface area contributed by atoms with Crippen LogP contribution >= 0.6 is 0 Å². The minimum absolute atomic E-state index is 0.187. The van der Waals surface area contributed by atoms with Gasteiger partial charge in [0.05, 0.1) is 23.8 Å². The third kappa shape index (κ3) is 4.73. The van der Waals surface area contributed by atoms with E-state index in [1.165, 1.54) is 19.6 Å². The van der Waals surface area contributed by atoms with Gasteiger partial charge in [0, 0.05) is 38.0 Å². The summed E-state index contributed by atoms with van der Waals surface area (Å²) in [5.41, 5.74) is 1.93. The van der Waals surface area contributed by atoms with Gasteiger partial charge in [-0.05, 0) is 31.4 Å². The summed E-state index contributed by atoms with van der Waals surface area (Å²) < 4.78 is 0. The second kappa shape index (κ2) is 8.99. The van der Waals surface area contributed by atoms with Crippen molar-refractivity contribution in [2.75, 3.05) is 25.5 Å². The van der Waals surface area contributed by atoms with Crippen molar-refractivity contribution in [3.8, 4) is 0 Å². The Morgan fingerprint density at radius 2 is 2.00 bits per heavy atom. The summed E-state index contributed by atoms with van der Waals surface area (Å²) in [5.74, 6) is -0.524. The predicted molar refractivity (Wildman–Crippen MR) is 116 cm³/mol. The molecular weight excluding hydrogens is 396 g/mol. The van der Waals surface area contributed by atoms with Crippen LogP contribution in [0.15, 0.2) is 35.8 Å². The summed E-state index contributed by atoms with van der Waals surface area (Å²) in [6.45, 7) is 1.26. The molecule has 160 valence electrons. The van der Waals surface area contributed by atoms with Crippen LogP contribution in [0.2, 0.25) is 0 Å². The molecule has 2 amide bonds. The fraction of sp³-hybridized carbons (Fsp3) is 0.381. The van der Waals surface area contributed by atoms with Crippen molar-refractivity contribution in [2.45, 2.75) is 31.2 Å². The van der Waals surface area contributed by atoms with Gasteiger partial charge in [-0.3, -0.25) is 20.0 Å². The third-order valence-corrected chi connectivity index (χ3v) is 5.24. The number of aromatic nitrogens is 3. The van der Waals surface area contributed by atoms with E-state index >= 15 is 0 Å². The van der Waals surface area contributed by atoms with Crippen LogP contribution in [-0.4, -0.2) is 69.8 Å². The van der Waals surface area contributed by atoms with Gasteiger partial charge in [0.25, 0.3) is 11.8 Å². The van der Waals surface area contributed by atoms with Crippen molar-refractivity contribution in [2.24, 2.45) is 4.99 Å². The van der Waals surface area contributed by atoms with E-state index in [0.717, 1.165) is 25.0 Å². The number of hydrogen-bond donors (Lipinski definition) is 3. The van der Waals surface area contributed by atoms with E-state index in [9.17, 15) is 9.59 Å². The number of nitrogens with zero attached hydrogens (tertiary/aromatic N) is 5. The van der Waals surface area contributed by atoms with Crippen LogP contribution in [0.1, 0.15) is 41.4 Å². The molecule has 0 aromatic carbocycles. The molecular formula is C21H24N8O2. The fourth-order valence-electron chi connectivity index (χ4n) is 3.24. The molecule has 2 aromatic rings. The number of likely N-dealkylation sites (tertiary alicyclic amines) is 1. The van der Waals surface area contributed by atoms with Crippen molar-refractivity contribution in [1.82, 2.24) is 25.2 Å². The molecule has 0 spiro atoms. The molecule has 4 rings (SSSR count). The van der Waals surface area contributed by atoms with E-state index in [1.54, 1.807) is 17.3 Å². The number of nitrogens with one attached hydrogen (secondary N) is 3. The number of anilines is 2. The average Bonchev–Trinajstić information content (AvgIpc) is 3.58. The Labute approximate surface area is 179 Å². The molecule has 1 atom stereocenters. The van der Waals surface area contributed by atoms with E-state index in [2.05, 4.69) is 30.6 Å². The van der Waals surface area contributed by atoms with Gasteiger partial charge in [-0.1, -0.05) is 0 Å². The molecule has 1 aliphatic heterocycles. The molecule has 2 aromatic heterocycles. The van der Waals surface area contributed by atoms with E-state index in [-0.39, 0.29) is 11.4 Å². The zero-order valence-electron chi connectivity index (χ0n) is 17.2. The number of hydrogen-bond acceptors (Lipinski definition) is 8. The van der Waals surface area contributed by atoms with Crippen LogP contribution in [0, 0.1) is 5.41 Å². The topological polar surface area (TPSA) is 136 Å². The maximum absolute atomic E-state index is 13.2. The summed E-state index contributed by atoms with van der Waals surface area (Å²) in [6, 6.07) is 2.77. The number of aliphatic imine (C=N–C) groups is 1. The van der Waals surface area contributed by atoms with E-state index in [0.29, 0.717) is 30.4 Å². The predicted octanol–water partition coefficient (Wildman–Crippen LogP) is 1.54. The Bertz CT molecular complexity index is 1020. The summed E-state index contributed by atoms with van der Waals surface area (Å²) in [5, 5.41) is 14.1. The first kappa shape index (κ1) is 20.6. The maximum atomic E-state index is 13.2. The molecule has 0 bridgehead atoms. The van der Waals surface area contributed by atoms with E-state index in [1.807, 2.05) is 12.1 Å². The normalized spacial score (nSPS) is 16.5. The molecule has 1 aliphatic carbocycles. The molecule has 2 fully saturated rings. The lowest BCUT2D eigenvalue weighted by molar-refractivity contribution is -0.127. The molecule has 1 saturated heterocycles. The Morgan fingerprint density at radius 3 is 2.61 bits per heavy atom. The highest BCUT2D eigenvalue weighted by atomic mass is 16.2. The molecule has 10 nitrogen and oxygen atoms in total. The highest BCUT2D eigenvalue weighted by molar-refractivity contribution is 6.43. The molecule has 10 heteroatoms. The highest BCUT2D eigenvalue weighted by Crippen LogP contribution is 2.39. The van der Waals surface area contributed by atoms with Crippen molar-refractivity contribution < 1.29 is 9.59 Å². The number of amides is 2. The van der Waals surface area contributed by atoms with Gasteiger partial charge in [0.2, 0.25) is 0 Å². The summed E-state index contributed by atoms with van der Waals surface area (Å²) in [4.78, 5) is 43.7. The highest BCUT2D eigenvalue weighted by Gasteiger charge is 2.31. The van der Waals surface area contributed by atoms with Crippen LogP contribution in [0.4, 0.5) is 11.4 Å². The molecule has 0 radical (unpaired) electrons. The monoisotopic (exact) mass is 420 g/mol. The number of carbonyl (C=O) groups is 2. The Hall–Kier alpha value is -3.69. The summed E-state index contributed by atoms with van der Waals surface area (Å²) in [6.07, 6.45) is 9.02. The molecule has 1 unspecified atom stereocenters. The van der Waals surface area contributed by atoms with Gasteiger partial charge in [-0.25, -0.2) is 15.0 Å². The first-order chi connectivity index (χ1) is 15.1. The van der Waals surface area contributed by atoms with Gasteiger partial charge in [-0.15, -0.1) is 0 Å². The first-order valence-corrected chi connectivity index (χ1v) is 10.2.